The highest BCUT2D eigenvalue weighted by Gasteiger charge is 2.20. The van der Waals surface area contributed by atoms with Crippen LogP contribution in [-0.2, 0) is 0 Å². The lowest BCUT2D eigenvalue weighted by Crippen LogP contribution is -2.05. The average Bonchev–Trinajstić information content (AvgIpc) is 2.62. The summed E-state index contributed by atoms with van der Waals surface area (Å²) in [6, 6.07) is 3.58. The van der Waals surface area contributed by atoms with Gasteiger partial charge in [0.15, 0.2) is 0 Å². The normalized spacial score (nSPS) is 12.6. The largest absolute Gasteiger partial charge is 0.496 e. The van der Waals surface area contributed by atoms with Gasteiger partial charge in [-0.15, -0.1) is 0 Å². The molecule has 4 nitrogen and oxygen atoms in total. The average molecular weight is 346 g/mol. The molecular formula is C21H30O4. The second-order valence-electron chi connectivity index (χ2n) is 6.20. The number of allylic oxidation sites excluding steroid dienone is 4. The van der Waals surface area contributed by atoms with Gasteiger partial charge >= 0.3 is 5.97 Å². The third-order valence-corrected chi connectivity index (χ3v) is 4.34. The molecule has 1 N–H and O–H groups in total. The molecule has 4 heteroatoms. The van der Waals surface area contributed by atoms with E-state index < -0.39 is 5.97 Å². The minimum absolute atomic E-state index is 0.0514. The Labute approximate surface area is 151 Å². The van der Waals surface area contributed by atoms with Crippen LogP contribution in [0, 0.1) is 0 Å². The van der Waals surface area contributed by atoms with Crippen molar-refractivity contribution in [2.45, 2.75) is 53.4 Å². The predicted octanol–water partition coefficient (Wildman–Crippen LogP) is 5.72. The third-order valence-electron chi connectivity index (χ3n) is 4.34. The van der Waals surface area contributed by atoms with Crippen molar-refractivity contribution in [1.29, 1.82) is 0 Å². The second-order valence-corrected chi connectivity index (χ2v) is 6.20. The number of carboxylic acid groups (broad SMARTS) is 1. The lowest BCUT2D eigenvalue weighted by atomic mass is 9.93. The fourth-order valence-corrected chi connectivity index (χ4v) is 2.66. The van der Waals surface area contributed by atoms with Gasteiger partial charge in [0.25, 0.3) is 0 Å². The van der Waals surface area contributed by atoms with Crippen LogP contribution >= 0.6 is 0 Å². The van der Waals surface area contributed by atoms with Crippen molar-refractivity contribution in [3.63, 3.8) is 0 Å². The number of aromatic carboxylic acids is 1. The Kier molecular flexibility index (Phi) is 8.26. The Morgan fingerprint density at radius 2 is 1.68 bits per heavy atom. The molecule has 0 atom stereocenters. The molecule has 138 valence electrons. The standard InChI is InChI=1S/C21H30O4/c1-7-9-10-15(4)17(11-14(3)8-2)16-12-18(24-5)20(21(22)23)19(13-16)25-6/h11-13H,7-10H2,1-6H3,(H,22,23)/b14-11-,17-15-. The zero-order valence-electron chi connectivity index (χ0n) is 16.2. The van der Waals surface area contributed by atoms with Crippen molar-refractivity contribution in [1.82, 2.24) is 0 Å². The Bertz CT molecular complexity index is 643. The van der Waals surface area contributed by atoms with Gasteiger partial charge in [-0.1, -0.05) is 37.5 Å². The van der Waals surface area contributed by atoms with Gasteiger partial charge in [-0.05, 0) is 56.4 Å². The number of hydrogen-bond acceptors (Lipinski definition) is 3. The molecule has 0 bridgehead atoms. The fraction of sp³-hybridized carbons (Fsp3) is 0.476. The molecule has 0 fully saturated rings. The molecule has 0 saturated carbocycles. The van der Waals surface area contributed by atoms with E-state index in [0.717, 1.165) is 36.8 Å². The number of carbonyl (C=O) groups is 1. The summed E-state index contributed by atoms with van der Waals surface area (Å²) in [6.07, 6.45) is 6.40. The Balaban J connectivity index is 3.62. The van der Waals surface area contributed by atoms with E-state index in [2.05, 4.69) is 33.8 Å². The number of ether oxygens (including phenoxy) is 2. The van der Waals surface area contributed by atoms with Crippen molar-refractivity contribution >= 4 is 11.5 Å². The van der Waals surface area contributed by atoms with E-state index in [4.69, 9.17) is 9.47 Å². The Hall–Kier alpha value is -2.23. The lowest BCUT2D eigenvalue weighted by Gasteiger charge is -2.16. The zero-order valence-corrected chi connectivity index (χ0v) is 16.2. The van der Waals surface area contributed by atoms with E-state index in [9.17, 15) is 9.90 Å². The molecule has 0 saturated heterocycles. The monoisotopic (exact) mass is 346 g/mol. The minimum atomic E-state index is -1.06. The molecule has 0 spiro atoms. The van der Waals surface area contributed by atoms with Crippen molar-refractivity contribution in [3.05, 3.63) is 40.5 Å². The van der Waals surface area contributed by atoms with Crippen LogP contribution in [0.25, 0.3) is 5.57 Å². The van der Waals surface area contributed by atoms with Gasteiger partial charge in [-0.2, -0.15) is 0 Å². The fourth-order valence-electron chi connectivity index (χ4n) is 2.66. The molecule has 0 aromatic heterocycles. The van der Waals surface area contributed by atoms with Crippen molar-refractivity contribution < 1.29 is 19.4 Å². The summed E-state index contributed by atoms with van der Waals surface area (Å²) >= 11 is 0. The third kappa shape index (κ3) is 5.38. The summed E-state index contributed by atoms with van der Waals surface area (Å²) in [7, 11) is 2.96. The zero-order chi connectivity index (χ0) is 19.0. The molecule has 0 amide bonds. The highest BCUT2D eigenvalue weighted by molar-refractivity contribution is 5.95. The van der Waals surface area contributed by atoms with E-state index in [0.29, 0.717) is 11.5 Å². The van der Waals surface area contributed by atoms with Gasteiger partial charge < -0.3 is 14.6 Å². The minimum Gasteiger partial charge on any atom is -0.496 e. The lowest BCUT2D eigenvalue weighted by molar-refractivity contribution is 0.0689. The Morgan fingerprint density at radius 3 is 2.08 bits per heavy atom. The molecular weight excluding hydrogens is 316 g/mol. The van der Waals surface area contributed by atoms with Crippen LogP contribution < -0.4 is 9.47 Å². The maximum atomic E-state index is 11.6. The number of carboxylic acids is 1. The first-order valence-electron chi connectivity index (χ1n) is 8.76. The van der Waals surface area contributed by atoms with Crippen LogP contribution in [-0.4, -0.2) is 25.3 Å². The number of unbranched alkanes of at least 4 members (excludes halogenated alkanes) is 1. The first kappa shape index (κ1) is 20.8. The van der Waals surface area contributed by atoms with Gasteiger partial charge in [-0.3, -0.25) is 0 Å². The topological polar surface area (TPSA) is 55.8 Å². The molecule has 25 heavy (non-hydrogen) atoms. The predicted molar refractivity (Wildman–Crippen MR) is 103 cm³/mol. The van der Waals surface area contributed by atoms with Crippen molar-refractivity contribution in [2.75, 3.05) is 14.2 Å². The maximum absolute atomic E-state index is 11.6. The summed E-state index contributed by atoms with van der Waals surface area (Å²) in [6.45, 7) is 8.54. The van der Waals surface area contributed by atoms with Crippen LogP contribution in [0.3, 0.4) is 0 Å². The molecule has 1 rings (SSSR count). The van der Waals surface area contributed by atoms with E-state index in [1.54, 1.807) is 12.1 Å². The van der Waals surface area contributed by atoms with E-state index in [-0.39, 0.29) is 5.56 Å². The SMILES string of the molecule is CCCC/C(C)=C(/C=C(/C)CC)c1cc(OC)c(C(=O)O)c(OC)c1. The number of hydrogen-bond donors (Lipinski definition) is 1. The van der Waals surface area contributed by atoms with Crippen LogP contribution in [0.2, 0.25) is 0 Å². The smallest absolute Gasteiger partial charge is 0.343 e. The quantitative estimate of drug-likeness (QED) is 0.581. The van der Waals surface area contributed by atoms with Gasteiger partial charge in [0.1, 0.15) is 17.1 Å². The molecule has 0 unspecified atom stereocenters. The number of benzene rings is 1. The molecule has 0 aliphatic rings. The molecule has 0 heterocycles. The van der Waals surface area contributed by atoms with Gasteiger partial charge in [0, 0.05) is 0 Å². The van der Waals surface area contributed by atoms with Crippen LogP contribution in [0.1, 0.15) is 69.3 Å². The highest BCUT2D eigenvalue weighted by atomic mass is 16.5. The van der Waals surface area contributed by atoms with E-state index in [1.165, 1.54) is 25.4 Å². The molecule has 0 aliphatic heterocycles. The first-order valence-corrected chi connectivity index (χ1v) is 8.76. The van der Waals surface area contributed by atoms with Crippen LogP contribution in [0.5, 0.6) is 11.5 Å². The van der Waals surface area contributed by atoms with Gasteiger partial charge in [0.2, 0.25) is 0 Å². The maximum Gasteiger partial charge on any atom is 0.343 e. The molecule has 1 aromatic rings. The second kappa shape index (κ2) is 9.92. The number of methoxy groups -OCH3 is 2. The summed E-state index contributed by atoms with van der Waals surface area (Å²) in [5.41, 5.74) is 4.63. The van der Waals surface area contributed by atoms with Crippen molar-refractivity contribution in [2.24, 2.45) is 0 Å². The summed E-state index contributed by atoms with van der Waals surface area (Å²) in [5, 5.41) is 9.46. The first-order chi connectivity index (χ1) is 11.9. The van der Waals surface area contributed by atoms with Gasteiger partial charge in [0.05, 0.1) is 14.2 Å². The van der Waals surface area contributed by atoms with Crippen LogP contribution in [0.15, 0.2) is 29.4 Å². The molecule has 1 aromatic carbocycles. The Morgan fingerprint density at radius 1 is 1.12 bits per heavy atom. The number of rotatable bonds is 9. The van der Waals surface area contributed by atoms with Crippen molar-refractivity contribution in [3.8, 4) is 11.5 Å². The summed E-state index contributed by atoms with van der Waals surface area (Å²) in [5.74, 6) is -0.441. The molecule has 0 radical (unpaired) electrons. The summed E-state index contributed by atoms with van der Waals surface area (Å²) < 4.78 is 10.7. The van der Waals surface area contributed by atoms with Crippen LogP contribution in [0.4, 0.5) is 0 Å². The van der Waals surface area contributed by atoms with Gasteiger partial charge in [-0.25, -0.2) is 4.79 Å². The van der Waals surface area contributed by atoms with E-state index in [1.807, 2.05) is 0 Å². The highest BCUT2D eigenvalue weighted by Crippen LogP contribution is 2.35. The summed E-state index contributed by atoms with van der Waals surface area (Å²) in [4.78, 5) is 11.6. The molecule has 0 aliphatic carbocycles. The van der Waals surface area contributed by atoms with E-state index >= 15 is 0 Å².